The maximum atomic E-state index is 3.47. The third kappa shape index (κ3) is 1.98. The van der Waals surface area contributed by atoms with Crippen molar-refractivity contribution in [2.45, 2.75) is 6.92 Å². The van der Waals surface area contributed by atoms with Gasteiger partial charge in [-0.05, 0) is 20.6 Å². The Morgan fingerprint density at radius 1 is 1.44 bits per heavy atom. The van der Waals surface area contributed by atoms with E-state index < -0.39 is 0 Å². The summed E-state index contributed by atoms with van der Waals surface area (Å²) in [5.41, 5.74) is 1.31. The fourth-order valence-electron chi connectivity index (χ4n) is 0.420. The molecule has 1 heterocycles. The molecule has 0 aromatic rings. The third-order valence-corrected chi connectivity index (χ3v) is 6.36. The van der Waals surface area contributed by atoms with Crippen molar-refractivity contribution in [3.63, 3.8) is 0 Å². The highest BCUT2D eigenvalue weighted by Gasteiger charge is 2.01. The van der Waals surface area contributed by atoms with Crippen LogP contribution in [0.15, 0.2) is 18.6 Å². The van der Waals surface area contributed by atoms with E-state index >= 15 is 0 Å². The van der Waals surface area contributed by atoms with E-state index in [1.54, 1.807) is 0 Å². The van der Waals surface area contributed by atoms with Gasteiger partial charge in [0.25, 0.3) is 0 Å². The normalized spacial score (nSPS) is 19.2. The number of halogens is 3. The molecule has 0 atom stereocenters. The van der Waals surface area contributed by atoms with Gasteiger partial charge in [0.2, 0.25) is 0 Å². The first-order valence-corrected chi connectivity index (χ1v) is 6.47. The van der Waals surface area contributed by atoms with Crippen LogP contribution in [0, 0.1) is 0 Å². The second-order valence-electron chi connectivity index (χ2n) is 1.67. The van der Waals surface area contributed by atoms with E-state index in [1.165, 1.54) is 14.5 Å². The van der Waals surface area contributed by atoms with Crippen LogP contribution >= 0.6 is 52.6 Å². The molecule has 9 heavy (non-hydrogen) atoms. The summed E-state index contributed by atoms with van der Waals surface area (Å²) >= 11 is 7.12. The summed E-state index contributed by atoms with van der Waals surface area (Å²) in [6, 6.07) is 0. The summed E-state index contributed by atoms with van der Waals surface area (Å²) in [5, 5.41) is 0. The summed E-state index contributed by atoms with van der Waals surface area (Å²) in [6.45, 7) is 2.10. The van der Waals surface area contributed by atoms with Gasteiger partial charge in [-0.15, -0.1) is 0 Å². The van der Waals surface area contributed by atoms with Gasteiger partial charge < -0.3 is 0 Å². The largest absolute Gasteiger partial charge is 0.0913 e. The fourth-order valence-corrected chi connectivity index (χ4v) is 4.20. The SMILES string of the molecule is CC1=C(Br)C=IC=C1Br. The van der Waals surface area contributed by atoms with Crippen molar-refractivity contribution in [3.8, 4) is 0 Å². The lowest BCUT2D eigenvalue weighted by molar-refractivity contribution is 1.53. The van der Waals surface area contributed by atoms with Gasteiger partial charge in [-0.3, -0.25) is 0 Å². The van der Waals surface area contributed by atoms with Crippen LogP contribution in [0.3, 0.4) is 0 Å². The third-order valence-electron chi connectivity index (χ3n) is 1.03. The molecule has 0 spiro atoms. The molecular weight excluding hydrogens is 359 g/mol. The number of hydrogen-bond acceptors (Lipinski definition) is 0. The van der Waals surface area contributed by atoms with Crippen LogP contribution < -0.4 is 0 Å². The highest BCUT2D eigenvalue weighted by molar-refractivity contribution is 14.2. The van der Waals surface area contributed by atoms with Crippen LogP contribution in [-0.2, 0) is 0 Å². The zero-order valence-electron chi connectivity index (χ0n) is 4.79. The molecule has 0 aromatic heterocycles. The Kier molecular flexibility index (Phi) is 3.11. The molecule has 1 aliphatic rings. The van der Waals surface area contributed by atoms with Gasteiger partial charge in [0.15, 0.2) is 0 Å². The quantitative estimate of drug-likeness (QED) is 0.576. The van der Waals surface area contributed by atoms with E-state index in [0.717, 1.165) is 0 Å². The zero-order valence-corrected chi connectivity index (χ0v) is 10.1. The number of hydrogen-bond donors (Lipinski definition) is 0. The van der Waals surface area contributed by atoms with E-state index in [1.807, 2.05) is 0 Å². The summed E-state index contributed by atoms with van der Waals surface area (Å²) < 4.78 is 7.03. The van der Waals surface area contributed by atoms with Gasteiger partial charge >= 0.3 is 0 Å². The Bertz CT molecular complexity index is 213. The van der Waals surface area contributed by atoms with Gasteiger partial charge in [0, 0.05) is 8.96 Å². The average Bonchev–Trinajstić information content (AvgIpc) is 1.83. The molecule has 3 heteroatoms. The van der Waals surface area contributed by atoms with Crippen LogP contribution in [0.1, 0.15) is 6.92 Å². The molecule has 0 saturated heterocycles. The monoisotopic (exact) mass is 362 g/mol. The minimum atomic E-state index is 0.168. The first kappa shape index (κ1) is 8.14. The zero-order chi connectivity index (χ0) is 6.85. The topological polar surface area (TPSA) is 0 Å². The molecule has 0 amide bonds. The van der Waals surface area contributed by atoms with Gasteiger partial charge in [-0.2, -0.15) is 0 Å². The van der Waals surface area contributed by atoms with E-state index in [0.29, 0.717) is 0 Å². The Morgan fingerprint density at radius 3 is 2.56 bits per heavy atom. The van der Waals surface area contributed by atoms with Crippen LogP contribution in [-0.4, -0.2) is 4.01 Å². The molecule has 0 nitrogen and oxygen atoms in total. The minimum Gasteiger partial charge on any atom is -0.0913 e. The predicted molar refractivity (Wildman–Crippen MR) is 58.7 cm³/mol. The van der Waals surface area contributed by atoms with Gasteiger partial charge in [-0.1, -0.05) is 52.6 Å². The highest BCUT2D eigenvalue weighted by Crippen LogP contribution is 2.29. The fraction of sp³-hybridized carbons (Fsp3) is 0.167. The standard InChI is InChI=1S/C6H5Br2I/c1-4-5(7)2-9-3-6(4)8/h2-3H,1H3. The lowest BCUT2D eigenvalue weighted by Gasteiger charge is -2.03. The van der Waals surface area contributed by atoms with Crippen molar-refractivity contribution >= 4 is 56.6 Å². The second kappa shape index (κ2) is 3.44. The molecule has 0 aliphatic carbocycles. The maximum absolute atomic E-state index is 3.47. The van der Waals surface area contributed by atoms with Crippen LogP contribution in [0.4, 0.5) is 0 Å². The highest BCUT2D eigenvalue weighted by atomic mass is 127. The molecule has 1 aliphatic heterocycles. The predicted octanol–water partition coefficient (Wildman–Crippen LogP) is 3.68. The van der Waals surface area contributed by atoms with Crippen molar-refractivity contribution in [1.29, 1.82) is 0 Å². The van der Waals surface area contributed by atoms with Gasteiger partial charge in [0.05, 0.1) is 0 Å². The Balaban J connectivity index is 3.06. The smallest absolute Gasteiger partial charge is 0.0272 e. The molecular formula is C6H5Br2I. The minimum absolute atomic E-state index is 0.168. The Labute approximate surface area is 81.4 Å². The first-order chi connectivity index (χ1) is 4.22. The maximum Gasteiger partial charge on any atom is 0.0272 e. The molecule has 1 rings (SSSR count). The summed E-state index contributed by atoms with van der Waals surface area (Å²) in [5.74, 6) is 0. The van der Waals surface area contributed by atoms with Crippen molar-refractivity contribution < 1.29 is 0 Å². The molecule has 0 bridgehead atoms. The van der Waals surface area contributed by atoms with E-state index in [2.05, 4.69) is 46.9 Å². The van der Waals surface area contributed by atoms with Crippen LogP contribution in [0.2, 0.25) is 0 Å². The Morgan fingerprint density at radius 2 is 2.11 bits per heavy atom. The van der Waals surface area contributed by atoms with Crippen molar-refractivity contribution in [2.24, 2.45) is 0 Å². The number of rotatable bonds is 0. The molecule has 0 radical (unpaired) electrons. The summed E-state index contributed by atoms with van der Waals surface area (Å²) in [6.07, 6.45) is 0. The second-order valence-corrected chi connectivity index (χ2v) is 5.34. The molecule has 50 valence electrons. The Hall–Kier alpha value is 1.04. The lowest BCUT2D eigenvalue weighted by atomic mass is 10.3. The average molecular weight is 364 g/mol. The number of allylic oxidation sites excluding steroid dienone is 3. The van der Waals surface area contributed by atoms with Gasteiger partial charge in [0.1, 0.15) is 0 Å². The molecule has 0 aromatic carbocycles. The molecule has 0 saturated carbocycles. The summed E-state index contributed by atoms with van der Waals surface area (Å²) in [7, 11) is 0. The van der Waals surface area contributed by atoms with Gasteiger partial charge in [-0.25, -0.2) is 0 Å². The molecule has 0 fully saturated rings. The van der Waals surface area contributed by atoms with E-state index in [-0.39, 0.29) is 20.7 Å². The lowest BCUT2D eigenvalue weighted by Crippen LogP contribution is -1.83. The molecule has 0 N–H and O–H groups in total. The molecule has 0 unspecified atom stereocenters. The van der Waals surface area contributed by atoms with E-state index in [4.69, 9.17) is 0 Å². The first-order valence-electron chi connectivity index (χ1n) is 2.39. The van der Waals surface area contributed by atoms with Crippen molar-refractivity contribution in [3.05, 3.63) is 18.6 Å². The van der Waals surface area contributed by atoms with Crippen LogP contribution in [0.5, 0.6) is 0 Å². The summed E-state index contributed by atoms with van der Waals surface area (Å²) in [4.78, 5) is 0. The van der Waals surface area contributed by atoms with Crippen molar-refractivity contribution in [2.75, 3.05) is 0 Å². The van der Waals surface area contributed by atoms with Crippen LogP contribution in [0.25, 0.3) is 0 Å². The van der Waals surface area contributed by atoms with Crippen molar-refractivity contribution in [1.82, 2.24) is 0 Å². The van der Waals surface area contributed by atoms with E-state index in [9.17, 15) is 0 Å².